The summed E-state index contributed by atoms with van der Waals surface area (Å²) in [5.41, 5.74) is 3.58. The van der Waals surface area contributed by atoms with Gasteiger partial charge in [0.05, 0.1) is 0 Å². The number of hydrogen-bond acceptors (Lipinski definition) is 5. The van der Waals surface area contributed by atoms with Gasteiger partial charge in [-0.05, 0) is 67.7 Å². The standard InChI is InChI=1S/C32H44ClN5O2/c1-23(2)32(12-14-36(3)15-13-32)38-18-16-37(17-19-38)31(40)29(20-24-8-10-26(33)11-9-24)35-30(39)21-28-27-7-5-4-6-25(27)22-34-28/h4-11,23,28-29,34H,12-22H2,1-3H3,(H,35,39)/t28?,29-/m1/s1. The number of benzene rings is 2. The molecule has 2 N–H and O–H groups in total. The molecule has 2 fully saturated rings. The first-order chi connectivity index (χ1) is 19.2. The van der Waals surface area contributed by atoms with Crippen LogP contribution < -0.4 is 10.6 Å². The molecule has 2 atom stereocenters. The fraction of sp³-hybridized carbons (Fsp3) is 0.562. The minimum absolute atomic E-state index is 0.00436. The van der Waals surface area contributed by atoms with Crippen molar-refractivity contribution in [2.45, 2.75) is 63.7 Å². The van der Waals surface area contributed by atoms with E-state index in [2.05, 4.69) is 53.5 Å². The Hall–Kier alpha value is -2.45. The number of carbonyl (C=O) groups excluding carboxylic acids is 2. The van der Waals surface area contributed by atoms with E-state index >= 15 is 0 Å². The second-order valence-corrected chi connectivity index (χ2v) is 12.6. The van der Waals surface area contributed by atoms with Crippen molar-refractivity contribution in [3.63, 3.8) is 0 Å². The molecule has 2 saturated heterocycles. The van der Waals surface area contributed by atoms with E-state index in [9.17, 15) is 9.59 Å². The number of amides is 2. The number of likely N-dealkylation sites (tertiary alicyclic amines) is 1. The van der Waals surface area contributed by atoms with Crippen LogP contribution in [0, 0.1) is 5.92 Å². The van der Waals surface area contributed by atoms with E-state index in [-0.39, 0.29) is 23.4 Å². The van der Waals surface area contributed by atoms with E-state index in [4.69, 9.17) is 11.6 Å². The van der Waals surface area contributed by atoms with Crippen LogP contribution in [-0.2, 0) is 22.6 Å². The number of piperazine rings is 1. The average Bonchev–Trinajstić information content (AvgIpc) is 3.36. The van der Waals surface area contributed by atoms with Crippen molar-refractivity contribution in [2.24, 2.45) is 5.92 Å². The van der Waals surface area contributed by atoms with Gasteiger partial charge in [0.2, 0.25) is 11.8 Å². The summed E-state index contributed by atoms with van der Waals surface area (Å²) in [7, 11) is 2.21. The summed E-state index contributed by atoms with van der Waals surface area (Å²) in [5.74, 6) is 0.463. The van der Waals surface area contributed by atoms with Gasteiger partial charge in [-0.1, -0.05) is 61.8 Å². The van der Waals surface area contributed by atoms with Gasteiger partial charge in [0.25, 0.3) is 0 Å². The molecule has 5 rings (SSSR count). The SMILES string of the molecule is CC(C)C1(N2CCN(C(=O)[C@@H](Cc3ccc(Cl)cc3)NC(=O)CC3NCc4ccccc43)CC2)CCN(C)CC1. The van der Waals surface area contributed by atoms with Crippen LogP contribution in [0.1, 0.15) is 55.8 Å². The molecule has 7 nitrogen and oxygen atoms in total. The maximum absolute atomic E-state index is 13.9. The quantitative estimate of drug-likeness (QED) is 0.509. The lowest BCUT2D eigenvalue weighted by atomic mass is 9.76. The van der Waals surface area contributed by atoms with Crippen molar-refractivity contribution >= 4 is 23.4 Å². The molecule has 0 aromatic heterocycles. The Kier molecular flexibility index (Phi) is 9.15. The molecule has 3 heterocycles. The zero-order chi connectivity index (χ0) is 28.3. The van der Waals surface area contributed by atoms with Crippen molar-refractivity contribution in [3.05, 3.63) is 70.2 Å². The molecule has 0 aliphatic carbocycles. The summed E-state index contributed by atoms with van der Waals surface area (Å²) >= 11 is 6.11. The molecule has 0 radical (unpaired) electrons. The van der Waals surface area contributed by atoms with Crippen LogP contribution in [0.25, 0.3) is 0 Å². The normalized spacial score (nSPS) is 22.2. The molecule has 3 aliphatic heterocycles. The van der Waals surface area contributed by atoms with Crippen LogP contribution in [0.5, 0.6) is 0 Å². The Bertz CT molecular complexity index is 1170. The van der Waals surface area contributed by atoms with Gasteiger partial charge < -0.3 is 20.4 Å². The highest BCUT2D eigenvalue weighted by molar-refractivity contribution is 6.30. The number of nitrogens with zero attached hydrogens (tertiary/aromatic N) is 3. The maximum Gasteiger partial charge on any atom is 0.245 e. The average molecular weight is 566 g/mol. The van der Waals surface area contributed by atoms with E-state index in [0.29, 0.717) is 36.9 Å². The van der Waals surface area contributed by atoms with Gasteiger partial charge in [-0.3, -0.25) is 14.5 Å². The molecule has 2 aromatic rings. The lowest BCUT2D eigenvalue weighted by Gasteiger charge is -2.53. The van der Waals surface area contributed by atoms with E-state index in [1.54, 1.807) is 0 Å². The second-order valence-electron chi connectivity index (χ2n) is 12.2. The molecular formula is C32H44ClN5O2. The predicted octanol–water partition coefficient (Wildman–Crippen LogP) is 3.87. The highest BCUT2D eigenvalue weighted by atomic mass is 35.5. The van der Waals surface area contributed by atoms with Gasteiger partial charge >= 0.3 is 0 Å². The molecular weight excluding hydrogens is 522 g/mol. The van der Waals surface area contributed by atoms with E-state index < -0.39 is 6.04 Å². The van der Waals surface area contributed by atoms with Crippen molar-refractivity contribution in [1.82, 2.24) is 25.3 Å². The molecule has 2 aromatic carbocycles. The third kappa shape index (κ3) is 6.38. The second kappa shape index (κ2) is 12.6. The Labute approximate surface area is 244 Å². The van der Waals surface area contributed by atoms with Crippen molar-refractivity contribution in [3.8, 4) is 0 Å². The Morgan fingerprint density at radius 2 is 1.68 bits per heavy atom. The van der Waals surface area contributed by atoms with Crippen LogP contribution in [0.15, 0.2) is 48.5 Å². The molecule has 2 amide bonds. The maximum atomic E-state index is 13.9. The van der Waals surface area contributed by atoms with Crippen molar-refractivity contribution < 1.29 is 9.59 Å². The fourth-order valence-electron chi connectivity index (χ4n) is 6.91. The van der Waals surface area contributed by atoms with Gasteiger partial charge in [0.1, 0.15) is 6.04 Å². The summed E-state index contributed by atoms with van der Waals surface area (Å²) < 4.78 is 0. The molecule has 0 saturated carbocycles. The summed E-state index contributed by atoms with van der Waals surface area (Å²) in [6, 6.07) is 15.1. The predicted molar refractivity (Wildman–Crippen MR) is 160 cm³/mol. The topological polar surface area (TPSA) is 67.9 Å². The fourth-order valence-corrected chi connectivity index (χ4v) is 7.04. The largest absolute Gasteiger partial charge is 0.344 e. The first kappa shape index (κ1) is 29.1. The lowest BCUT2D eigenvalue weighted by molar-refractivity contribution is -0.139. The number of halogens is 1. The van der Waals surface area contributed by atoms with Gasteiger partial charge in [-0.25, -0.2) is 0 Å². The van der Waals surface area contributed by atoms with Gasteiger partial charge in [0, 0.05) is 62.2 Å². The van der Waals surface area contributed by atoms with E-state index in [0.717, 1.165) is 38.3 Å². The smallest absolute Gasteiger partial charge is 0.245 e. The summed E-state index contributed by atoms with van der Waals surface area (Å²) in [5, 5.41) is 7.22. The highest BCUT2D eigenvalue weighted by Gasteiger charge is 2.43. The van der Waals surface area contributed by atoms with Crippen LogP contribution in [0.2, 0.25) is 5.02 Å². The number of rotatable bonds is 8. The number of hydrogen-bond donors (Lipinski definition) is 2. The minimum atomic E-state index is -0.612. The van der Waals surface area contributed by atoms with Gasteiger partial charge in [-0.2, -0.15) is 0 Å². The van der Waals surface area contributed by atoms with Gasteiger partial charge in [0.15, 0.2) is 0 Å². The Morgan fingerprint density at radius 1 is 1.00 bits per heavy atom. The summed E-state index contributed by atoms with van der Waals surface area (Å²) in [6.45, 7) is 10.8. The third-order valence-corrected chi connectivity index (χ3v) is 9.75. The molecule has 0 spiro atoms. The minimum Gasteiger partial charge on any atom is -0.344 e. The molecule has 8 heteroatoms. The number of nitrogens with one attached hydrogen (secondary N) is 2. The molecule has 0 bridgehead atoms. The zero-order valence-electron chi connectivity index (χ0n) is 24.2. The summed E-state index contributed by atoms with van der Waals surface area (Å²) in [6.07, 6.45) is 3.09. The van der Waals surface area contributed by atoms with Crippen LogP contribution in [0.4, 0.5) is 0 Å². The number of piperidine rings is 1. The van der Waals surface area contributed by atoms with Crippen LogP contribution >= 0.6 is 11.6 Å². The number of carbonyl (C=O) groups is 2. The van der Waals surface area contributed by atoms with Crippen LogP contribution in [-0.4, -0.2) is 84.4 Å². The van der Waals surface area contributed by atoms with E-state index in [1.807, 2.05) is 41.3 Å². The Balaban J connectivity index is 1.25. The van der Waals surface area contributed by atoms with Crippen molar-refractivity contribution in [2.75, 3.05) is 46.3 Å². The lowest BCUT2D eigenvalue weighted by Crippen LogP contribution is -2.64. The first-order valence-electron chi connectivity index (χ1n) is 14.8. The van der Waals surface area contributed by atoms with Gasteiger partial charge in [-0.15, -0.1) is 0 Å². The van der Waals surface area contributed by atoms with E-state index in [1.165, 1.54) is 24.0 Å². The molecule has 1 unspecified atom stereocenters. The first-order valence-corrected chi connectivity index (χ1v) is 15.2. The monoisotopic (exact) mass is 565 g/mol. The zero-order valence-corrected chi connectivity index (χ0v) is 24.9. The van der Waals surface area contributed by atoms with Crippen molar-refractivity contribution in [1.29, 1.82) is 0 Å². The summed E-state index contributed by atoms with van der Waals surface area (Å²) in [4.78, 5) is 34.2. The third-order valence-electron chi connectivity index (χ3n) is 9.49. The highest BCUT2D eigenvalue weighted by Crippen LogP contribution is 2.36. The van der Waals surface area contributed by atoms with Crippen LogP contribution in [0.3, 0.4) is 0 Å². The number of fused-ring (bicyclic) bond motifs is 1. The molecule has 40 heavy (non-hydrogen) atoms. The molecule has 216 valence electrons. The Morgan fingerprint density at radius 3 is 2.35 bits per heavy atom. The molecule has 3 aliphatic rings.